The summed E-state index contributed by atoms with van der Waals surface area (Å²) in [5, 5.41) is 19.2. The van der Waals surface area contributed by atoms with Crippen molar-refractivity contribution in [3.63, 3.8) is 0 Å². The van der Waals surface area contributed by atoms with Crippen molar-refractivity contribution in [3.05, 3.63) is 29.6 Å². The fourth-order valence-electron chi connectivity index (χ4n) is 1.31. The van der Waals surface area contributed by atoms with Gasteiger partial charge in [-0.2, -0.15) is 0 Å². The van der Waals surface area contributed by atoms with Crippen molar-refractivity contribution >= 4 is 5.91 Å². The van der Waals surface area contributed by atoms with Gasteiger partial charge in [0.05, 0.1) is 12.5 Å². The molecule has 1 aromatic heterocycles. The Bertz CT molecular complexity index is 354. The number of pyridine rings is 1. The number of aromatic nitrogens is 1. The highest BCUT2D eigenvalue weighted by Crippen LogP contribution is 2.20. The van der Waals surface area contributed by atoms with Crippen LogP contribution in [0.15, 0.2) is 18.5 Å². The molecule has 2 unspecified atom stereocenters. The molecule has 0 aliphatic heterocycles. The molecule has 1 heterocycles. The normalized spacial score (nSPS) is 14.6. The van der Waals surface area contributed by atoms with Crippen molar-refractivity contribution in [1.29, 1.82) is 0 Å². The van der Waals surface area contributed by atoms with E-state index < -0.39 is 18.1 Å². The van der Waals surface area contributed by atoms with Crippen molar-refractivity contribution < 1.29 is 15.0 Å². The summed E-state index contributed by atoms with van der Waals surface area (Å²) in [6, 6.07) is 1.72. The quantitative estimate of drug-likeness (QED) is 0.633. The van der Waals surface area contributed by atoms with Crippen LogP contribution in [0.3, 0.4) is 0 Å². The number of aliphatic hydroxyl groups excluding tert-OH is 2. The second-order valence-corrected chi connectivity index (χ2v) is 3.41. The predicted octanol–water partition coefficient (Wildman–Crippen LogP) is -0.340. The van der Waals surface area contributed by atoms with Crippen molar-refractivity contribution in [3.8, 4) is 0 Å². The van der Waals surface area contributed by atoms with Crippen LogP contribution < -0.4 is 5.73 Å². The number of aliphatic hydroxyl groups is 2. The van der Waals surface area contributed by atoms with Crippen molar-refractivity contribution in [2.24, 2.45) is 5.73 Å². The van der Waals surface area contributed by atoms with Crippen molar-refractivity contribution in [1.82, 2.24) is 4.98 Å². The molecule has 0 bridgehead atoms. The first-order valence-electron chi connectivity index (χ1n) is 4.57. The predicted molar refractivity (Wildman–Crippen MR) is 53.8 cm³/mol. The first-order valence-corrected chi connectivity index (χ1v) is 4.57. The van der Waals surface area contributed by atoms with E-state index in [1.807, 2.05) is 0 Å². The van der Waals surface area contributed by atoms with Gasteiger partial charge in [-0.05, 0) is 18.6 Å². The van der Waals surface area contributed by atoms with E-state index >= 15 is 0 Å². The van der Waals surface area contributed by atoms with Gasteiger partial charge in [-0.15, -0.1) is 0 Å². The monoisotopic (exact) mass is 210 g/mol. The smallest absolute Gasteiger partial charge is 0.220 e. The van der Waals surface area contributed by atoms with Crippen LogP contribution in [0.5, 0.6) is 0 Å². The molecular formula is C10H14N2O3. The van der Waals surface area contributed by atoms with Crippen LogP contribution in [0.2, 0.25) is 0 Å². The molecule has 0 radical (unpaired) electrons. The summed E-state index contributed by atoms with van der Waals surface area (Å²) in [6.07, 6.45) is 0.461. The first kappa shape index (κ1) is 11.6. The van der Waals surface area contributed by atoms with Gasteiger partial charge >= 0.3 is 0 Å². The van der Waals surface area contributed by atoms with E-state index in [1.54, 1.807) is 19.2 Å². The number of aryl methyl sites for hydroxylation is 1. The first-order chi connectivity index (χ1) is 7.02. The molecule has 1 amide bonds. The average Bonchev–Trinajstić information content (AvgIpc) is 2.16. The van der Waals surface area contributed by atoms with Crippen LogP contribution in [-0.4, -0.2) is 27.2 Å². The fraction of sp³-hybridized carbons (Fsp3) is 0.400. The third-order valence-electron chi connectivity index (χ3n) is 2.17. The van der Waals surface area contributed by atoms with Gasteiger partial charge < -0.3 is 15.9 Å². The number of carbonyl (C=O) groups is 1. The number of primary amides is 1. The second-order valence-electron chi connectivity index (χ2n) is 3.41. The zero-order valence-corrected chi connectivity index (χ0v) is 8.42. The second kappa shape index (κ2) is 4.86. The van der Waals surface area contributed by atoms with Gasteiger partial charge in [-0.3, -0.25) is 9.78 Å². The third-order valence-corrected chi connectivity index (χ3v) is 2.17. The van der Waals surface area contributed by atoms with E-state index in [1.165, 1.54) is 6.20 Å². The van der Waals surface area contributed by atoms with Crippen molar-refractivity contribution in [2.45, 2.75) is 25.6 Å². The molecule has 5 heteroatoms. The molecule has 0 aliphatic rings. The van der Waals surface area contributed by atoms with Gasteiger partial charge in [0.1, 0.15) is 6.10 Å². The summed E-state index contributed by atoms with van der Waals surface area (Å²) in [5.41, 5.74) is 6.23. The Balaban J connectivity index is 2.80. The summed E-state index contributed by atoms with van der Waals surface area (Å²) in [6.45, 7) is 1.79. The number of hydrogen-bond acceptors (Lipinski definition) is 4. The standard InChI is InChI=1S/C10H14N2O3/c1-6-2-3-12-5-7(6)10(15)8(13)4-9(11)14/h2-3,5,8,10,13,15H,4H2,1H3,(H2,11,14). The van der Waals surface area contributed by atoms with E-state index in [4.69, 9.17) is 5.73 Å². The molecule has 0 aliphatic carbocycles. The molecule has 0 aromatic carbocycles. The molecule has 4 N–H and O–H groups in total. The average molecular weight is 210 g/mol. The molecule has 82 valence electrons. The van der Waals surface area contributed by atoms with Crippen LogP contribution in [0.4, 0.5) is 0 Å². The Kier molecular flexibility index (Phi) is 3.76. The van der Waals surface area contributed by atoms with Gasteiger partial charge in [-0.1, -0.05) is 0 Å². The zero-order valence-electron chi connectivity index (χ0n) is 8.42. The Labute approximate surface area is 87.6 Å². The van der Waals surface area contributed by atoms with E-state index in [0.29, 0.717) is 5.56 Å². The minimum atomic E-state index is -1.19. The van der Waals surface area contributed by atoms with E-state index in [0.717, 1.165) is 5.56 Å². The molecule has 1 aromatic rings. The number of amides is 1. The van der Waals surface area contributed by atoms with Gasteiger partial charge in [0.2, 0.25) is 5.91 Å². The number of hydrogen-bond donors (Lipinski definition) is 3. The van der Waals surface area contributed by atoms with E-state index in [-0.39, 0.29) is 6.42 Å². The topological polar surface area (TPSA) is 96.4 Å². The van der Waals surface area contributed by atoms with E-state index in [9.17, 15) is 15.0 Å². The maximum absolute atomic E-state index is 10.6. The number of carbonyl (C=O) groups excluding carboxylic acids is 1. The lowest BCUT2D eigenvalue weighted by Crippen LogP contribution is -2.26. The zero-order chi connectivity index (χ0) is 11.4. The van der Waals surface area contributed by atoms with Gasteiger partial charge in [0, 0.05) is 18.0 Å². The van der Waals surface area contributed by atoms with Crippen LogP contribution >= 0.6 is 0 Å². The van der Waals surface area contributed by atoms with Crippen LogP contribution in [0.25, 0.3) is 0 Å². The van der Waals surface area contributed by atoms with Gasteiger partial charge in [0.15, 0.2) is 0 Å². The van der Waals surface area contributed by atoms with Crippen LogP contribution in [-0.2, 0) is 4.79 Å². The molecule has 0 spiro atoms. The highest BCUT2D eigenvalue weighted by Gasteiger charge is 2.21. The molecule has 15 heavy (non-hydrogen) atoms. The molecular weight excluding hydrogens is 196 g/mol. The van der Waals surface area contributed by atoms with E-state index in [2.05, 4.69) is 4.98 Å². The van der Waals surface area contributed by atoms with Crippen molar-refractivity contribution in [2.75, 3.05) is 0 Å². The number of nitrogens with zero attached hydrogens (tertiary/aromatic N) is 1. The highest BCUT2D eigenvalue weighted by molar-refractivity contribution is 5.74. The molecule has 0 saturated carbocycles. The number of rotatable bonds is 4. The maximum Gasteiger partial charge on any atom is 0.220 e. The highest BCUT2D eigenvalue weighted by atomic mass is 16.3. The lowest BCUT2D eigenvalue weighted by molar-refractivity contribution is -0.121. The largest absolute Gasteiger partial charge is 0.390 e. The maximum atomic E-state index is 10.6. The minimum Gasteiger partial charge on any atom is -0.390 e. The van der Waals surface area contributed by atoms with Gasteiger partial charge in [-0.25, -0.2) is 0 Å². The third kappa shape index (κ3) is 3.00. The number of nitrogens with two attached hydrogens (primary N) is 1. The summed E-state index contributed by atoms with van der Waals surface area (Å²) >= 11 is 0. The summed E-state index contributed by atoms with van der Waals surface area (Å²) in [5.74, 6) is -0.650. The minimum absolute atomic E-state index is 0.268. The van der Waals surface area contributed by atoms with Crippen LogP contribution in [0.1, 0.15) is 23.7 Å². The molecule has 0 saturated heterocycles. The lowest BCUT2D eigenvalue weighted by Gasteiger charge is -2.17. The summed E-state index contributed by atoms with van der Waals surface area (Å²) in [4.78, 5) is 14.4. The summed E-state index contributed by atoms with van der Waals surface area (Å²) < 4.78 is 0. The Morgan fingerprint density at radius 1 is 1.60 bits per heavy atom. The SMILES string of the molecule is Cc1ccncc1C(O)C(O)CC(N)=O. The van der Waals surface area contributed by atoms with Crippen LogP contribution in [0, 0.1) is 6.92 Å². The lowest BCUT2D eigenvalue weighted by atomic mass is 10.00. The Morgan fingerprint density at radius 2 is 2.27 bits per heavy atom. The Morgan fingerprint density at radius 3 is 2.80 bits per heavy atom. The molecule has 0 fully saturated rings. The molecule has 5 nitrogen and oxygen atoms in total. The van der Waals surface area contributed by atoms with Gasteiger partial charge in [0.25, 0.3) is 0 Å². The molecule has 1 rings (SSSR count). The summed E-state index contributed by atoms with van der Waals surface area (Å²) in [7, 11) is 0. The Hall–Kier alpha value is -1.46. The fourth-order valence-corrected chi connectivity index (χ4v) is 1.31. The molecule has 2 atom stereocenters.